The lowest BCUT2D eigenvalue weighted by Crippen LogP contribution is -2.37. The third-order valence-corrected chi connectivity index (χ3v) is 4.19. The van der Waals surface area contributed by atoms with Crippen LogP contribution in [-0.2, 0) is 0 Å². The maximum Gasteiger partial charge on any atom is 0.245 e. The van der Waals surface area contributed by atoms with E-state index in [1.807, 2.05) is 22.8 Å². The van der Waals surface area contributed by atoms with Crippen LogP contribution in [-0.4, -0.2) is 41.3 Å². The molecule has 1 saturated heterocycles. The monoisotopic (exact) mass is 323 g/mol. The van der Waals surface area contributed by atoms with Crippen LogP contribution in [0.3, 0.4) is 0 Å². The fourth-order valence-corrected chi connectivity index (χ4v) is 3.00. The van der Waals surface area contributed by atoms with Gasteiger partial charge in [0.05, 0.1) is 4.47 Å². The van der Waals surface area contributed by atoms with Crippen LogP contribution in [0.5, 0.6) is 0 Å². The minimum atomic E-state index is 0.689. The molecule has 1 aliphatic heterocycles. The summed E-state index contributed by atoms with van der Waals surface area (Å²) in [6.07, 6.45) is 4.48. The van der Waals surface area contributed by atoms with Crippen molar-refractivity contribution >= 4 is 27.5 Å². The van der Waals surface area contributed by atoms with E-state index in [4.69, 9.17) is 0 Å². The molecule has 6 heteroatoms. The molecule has 1 fully saturated rings. The summed E-state index contributed by atoms with van der Waals surface area (Å²) in [5.41, 5.74) is 0.867. The van der Waals surface area contributed by atoms with E-state index in [0.717, 1.165) is 35.7 Å². The van der Waals surface area contributed by atoms with Crippen molar-refractivity contribution in [1.29, 1.82) is 0 Å². The zero-order valence-corrected chi connectivity index (χ0v) is 12.6. The zero-order valence-electron chi connectivity index (χ0n) is 11.0. The number of hydrogen-bond acceptors (Lipinski definition) is 4. The quantitative estimate of drug-likeness (QED) is 0.937. The number of piperidine rings is 1. The average molecular weight is 324 g/mol. The van der Waals surface area contributed by atoms with Gasteiger partial charge in [0.2, 0.25) is 5.95 Å². The topological polar surface area (TPSA) is 45.5 Å². The highest BCUT2D eigenvalue weighted by molar-refractivity contribution is 9.10. The lowest BCUT2D eigenvalue weighted by Gasteiger charge is -2.26. The molecule has 1 N–H and O–H groups in total. The second-order valence-electron chi connectivity index (χ2n) is 5.13. The second-order valence-corrected chi connectivity index (χ2v) is 5.98. The Balaban J connectivity index is 1.77. The molecule has 0 spiro atoms. The van der Waals surface area contributed by atoms with E-state index >= 15 is 0 Å². The Morgan fingerprint density at radius 3 is 3.21 bits per heavy atom. The lowest BCUT2D eigenvalue weighted by atomic mass is 9.99. The molecule has 0 amide bonds. The molecule has 1 unspecified atom stereocenters. The van der Waals surface area contributed by atoms with Gasteiger partial charge in [0.1, 0.15) is 0 Å². The standard InChI is InChI=1S/C13H18BrN5/c1-18(9-10-4-2-6-15-8-10)13-16-12-11(14)5-3-7-19(12)17-13/h3,5,7,10,15H,2,4,6,8-9H2,1H3. The SMILES string of the molecule is CN(CC1CCCNC1)c1nc2c(Br)cccn2n1. The Morgan fingerprint density at radius 2 is 2.47 bits per heavy atom. The molecular formula is C13H18BrN5. The van der Waals surface area contributed by atoms with Gasteiger partial charge in [-0.05, 0) is 59.9 Å². The van der Waals surface area contributed by atoms with Gasteiger partial charge >= 0.3 is 0 Å². The van der Waals surface area contributed by atoms with Gasteiger partial charge in [0, 0.05) is 19.8 Å². The summed E-state index contributed by atoms with van der Waals surface area (Å²) < 4.78 is 2.79. The maximum atomic E-state index is 4.59. The molecule has 0 radical (unpaired) electrons. The first-order chi connectivity index (χ1) is 9.24. The number of rotatable bonds is 3. The Labute approximate surface area is 121 Å². The molecule has 0 bridgehead atoms. The van der Waals surface area contributed by atoms with Gasteiger partial charge in [-0.1, -0.05) is 0 Å². The van der Waals surface area contributed by atoms with Crippen molar-refractivity contribution < 1.29 is 0 Å². The van der Waals surface area contributed by atoms with Crippen LogP contribution >= 0.6 is 15.9 Å². The summed E-state index contributed by atoms with van der Waals surface area (Å²) in [4.78, 5) is 6.74. The first-order valence-electron chi connectivity index (χ1n) is 6.67. The fraction of sp³-hybridized carbons (Fsp3) is 0.538. The molecule has 2 aromatic heterocycles. The van der Waals surface area contributed by atoms with Gasteiger partial charge in [-0.2, -0.15) is 4.98 Å². The molecule has 0 saturated carbocycles. The molecule has 1 aliphatic rings. The number of hydrogen-bond donors (Lipinski definition) is 1. The molecule has 1 atom stereocenters. The van der Waals surface area contributed by atoms with Gasteiger partial charge < -0.3 is 10.2 Å². The summed E-state index contributed by atoms with van der Waals surface area (Å²) >= 11 is 3.51. The predicted molar refractivity (Wildman–Crippen MR) is 79.6 cm³/mol. The molecule has 2 aromatic rings. The van der Waals surface area contributed by atoms with Crippen molar-refractivity contribution in [2.24, 2.45) is 5.92 Å². The second kappa shape index (κ2) is 5.46. The maximum absolute atomic E-state index is 4.59. The van der Waals surface area contributed by atoms with Crippen LogP contribution in [0.2, 0.25) is 0 Å². The third kappa shape index (κ3) is 2.74. The Morgan fingerprint density at radius 1 is 1.58 bits per heavy atom. The van der Waals surface area contributed by atoms with Crippen molar-refractivity contribution in [3.63, 3.8) is 0 Å². The lowest BCUT2D eigenvalue weighted by molar-refractivity contribution is 0.380. The fourth-order valence-electron chi connectivity index (χ4n) is 2.57. The molecule has 5 nitrogen and oxygen atoms in total. The van der Waals surface area contributed by atoms with Gasteiger partial charge in [-0.25, -0.2) is 4.52 Å². The van der Waals surface area contributed by atoms with Crippen LogP contribution in [0.25, 0.3) is 5.65 Å². The highest BCUT2D eigenvalue weighted by Crippen LogP contribution is 2.19. The van der Waals surface area contributed by atoms with Crippen molar-refractivity contribution in [2.45, 2.75) is 12.8 Å². The van der Waals surface area contributed by atoms with Gasteiger partial charge in [0.25, 0.3) is 0 Å². The summed E-state index contributed by atoms with van der Waals surface area (Å²) in [6.45, 7) is 3.25. The van der Waals surface area contributed by atoms with E-state index in [-0.39, 0.29) is 0 Å². The van der Waals surface area contributed by atoms with Gasteiger partial charge in [0.15, 0.2) is 5.65 Å². The zero-order chi connectivity index (χ0) is 13.2. The molecule has 3 rings (SSSR count). The highest BCUT2D eigenvalue weighted by Gasteiger charge is 2.17. The first kappa shape index (κ1) is 12.9. The number of pyridine rings is 1. The minimum Gasteiger partial charge on any atom is -0.342 e. The number of halogens is 1. The normalized spacial score (nSPS) is 19.8. The summed E-state index contributed by atoms with van der Waals surface area (Å²) in [6, 6.07) is 3.94. The van der Waals surface area contributed by atoms with Crippen molar-refractivity contribution in [1.82, 2.24) is 19.9 Å². The van der Waals surface area contributed by atoms with Crippen LogP contribution in [0.15, 0.2) is 22.8 Å². The van der Waals surface area contributed by atoms with E-state index in [1.165, 1.54) is 12.8 Å². The molecule has 0 aliphatic carbocycles. The van der Waals surface area contributed by atoms with Crippen LogP contribution in [0.1, 0.15) is 12.8 Å². The van der Waals surface area contributed by atoms with Crippen molar-refractivity contribution in [3.05, 3.63) is 22.8 Å². The van der Waals surface area contributed by atoms with Crippen LogP contribution in [0, 0.1) is 5.92 Å². The van der Waals surface area contributed by atoms with Crippen LogP contribution < -0.4 is 10.2 Å². The average Bonchev–Trinajstić information content (AvgIpc) is 2.85. The van der Waals surface area contributed by atoms with E-state index in [2.05, 4.69) is 43.3 Å². The number of nitrogens with zero attached hydrogens (tertiary/aromatic N) is 4. The van der Waals surface area contributed by atoms with Crippen molar-refractivity contribution in [3.8, 4) is 0 Å². The highest BCUT2D eigenvalue weighted by atomic mass is 79.9. The third-order valence-electron chi connectivity index (χ3n) is 3.58. The van der Waals surface area contributed by atoms with E-state index in [0.29, 0.717) is 5.92 Å². The summed E-state index contributed by atoms with van der Waals surface area (Å²) in [5, 5.41) is 7.97. The first-order valence-corrected chi connectivity index (χ1v) is 7.46. The Hall–Kier alpha value is -1.14. The van der Waals surface area contributed by atoms with Gasteiger partial charge in [-0.3, -0.25) is 0 Å². The Kier molecular flexibility index (Phi) is 3.70. The summed E-state index contributed by atoms with van der Waals surface area (Å²) in [7, 11) is 2.07. The van der Waals surface area contributed by atoms with E-state index in [9.17, 15) is 0 Å². The minimum absolute atomic E-state index is 0.689. The predicted octanol–water partition coefficient (Wildman–Crippen LogP) is 1.93. The molecular weight excluding hydrogens is 306 g/mol. The number of nitrogens with one attached hydrogen (secondary N) is 1. The largest absolute Gasteiger partial charge is 0.342 e. The Bertz CT molecular complexity index is 561. The van der Waals surface area contributed by atoms with E-state index < -0.39 is 0 Å². The molecule has 0 aromatic carbocycles. The molecule has 102 valence electrons. The molecule has 19 heavy (non-hydrogen) atoms. The number of anilines is 1. The smallest absolute Gasteiger partial charge is 0.245 e. The number of fused-ring (bicyclic) bond motifs is 1. The molecule has 3 heterocycles. The van der Waals surface area contributed by atoms with Crippen LogP contribution in [0.4, 0.5) is 5.95 Å². The van der Waals surface area contributed by atoms with Gasteiger partial charge in [-0.15, -0.1) is 5.10 Å². The van der Waals surface area contributed by atoms with E-state index in [1.54, 1.807) is 0 Å². The number of aromatic nitrogens is 3. The van der Waals surface area contributed by atoms with Crippen molar-refractivity contribution in [2.75, 3.05) is 31.6 Å². The summed E-state index contributed by atoms with van der Waals surface area (Å²) in [5.74, 6) is 1.48.